The van der Waals surface area contributed by atoms with Gasteiger partial charge in [0.05, 0.1) is 18.8 Å². The first-order chi connectivity index (χ1) is 11.1. The highest BCUT2D eigenvalue weighted by Crippen LogP contribution is 2.44. The average molecular weight is 360 g/mol. The van der Waals surface area contributed by atoms with Crippen LogP contribution in [0.1, 0.15) is 39.0 Å². The van der Waals surface area contributed by atoms with Crippen LogP contribution in [0.2, 0.25) is 0 Å². The number of ether oxygens (including phenoxy) is 3. The van der Waals surface area contributed by atoms with Crippen molar-refractivity contribution in [2.24, 2.45) is 0 Å². The van der Waals surface area contributed by atoms with E-state index in [1.807, 2.05) is 0 Å². The molecule has 0 radical (unpaired) electrons. The van der Waals surface area contributed by atoms with Gasteiger partial charge in [-0.25, -0.2) is 9.59 Å². The summed E-state index contributed by atoms with van der Waals surface area (Å²) >= 11 is 0. The van der Waals surface area contributed by atoms with Gasteiger partial charge in [0.2, 0.25) is 0 Å². The second kappa shape index (κ2) is 8.32. The Kier molecular flexibility index (Phi) is 6.66. The van der Waals surface area contributed by atoms with Gasteiger partial charge < -0.3 is 14.2 Å². The highest BCUT2D eigenvalue weighted by molar-refractivity contribution is 6.05. The molecule has 24 heavy (non-hydrogen) atoms. The van der Waals surface area contributed by atoms with Crippen LogP contribution in [0, 0.1) is 0 Å². The monoisotopic (exact) mass is 359 g/mol. The Morgan fingerprint density at radius 3 is 2.54 bits per heavy atom. The van der Waals surface area contributed by atoms with E-state index in [9.17, 15) is 9.59 Å². The van der Waals surface area contributed by atoms with Crippen LogP contribution < -0.4 is 0 Å². The Bertz CT molecular complexity index is 507. The zero-order valence-electron chi connectivity index (χ0n) is 14.2. The fraction of sp³-hybridized carbons (Fsp3) is 0.765. The summed E-state index contributed by atoms with van der Waals surface area (Å²) in [4.78, 5) is 26.7. The highest BCUT2D eigenvalue weighted by Gasteiger charge is 2.50. The first-order valence-electron chi connectivity index (χ1n) is 8.54. The number of esters is 2. The second-order valence-electron chi connectivity index (χ2n) is 6.53. The van der Waals surface area contributed by atoms with E-state index in [1.165, 1.54) is 0 Å². The van der Waals surface area contributed by atoms with Gasteiger partial charge in [0.15, 0.2) is 0 Å². The lowest BCUT2D eigenvalue weighted by Gasteiger charge is -2.33. The predicted octanol–water partition coefficient (Wildman–Crippen LogP) is 1.86. The molecule has 0 aromatic rings. The summed E-state index contributed by atoms with van der Waals surface area (Å²) in [5, 5.41) is 0. The summed E-state index contributed by atoms with van der Waals surface area (Å²) in [5.74, 6) is -0.754. The number of rotatable bonds is 4. The maximum atomic E-state index is 12.6. The lowest BCUT2D eigenvalue weighted by atomic mass is 9.79. The molecule has 0 unspecified atom stereocenters. The molecule has 6 nitrogen and oxygen atoms in total. The lowest BCUT2D eigenvalue weighted by molar-refractivity contribution is -0.152. The van der Waals surface area contributed by atoms with Gasteiger partial charge in [-0.2, -0.15) is 0 Å². The number of morpholine rings is 1. The first-order valence-corrected chi connectivity index (χ1v) is 8.54. The predicted molar refractivity (Wildman–Crippen MR) is 90.1 cm³/mol. The maximum Gasteiger partial charge on any atom is 0.338 e. The van der Waals surface area contributed by atoms with E-state index in [1.54, 1.807) is 6.92 Å². The third kappa shape index (κ3) is 3.92. The van der Waals surface area contributed by atoms with Crippen molar-refractivity contribution in [3.05, 3.63) is 11.1 Å². The zero-order chi connectivity index (χ0) is 16.3. The average Bonchev–Trinajstić information content (AvgIpc) is 2.79. The van der Waals surface area contributed by atoms with E-state index in [-0.39, 0.29) is 24.3 Å². The van der Waals surface area contributed by atoms with Crippen molar-refractivity contribution in [2.75, 3.05) is 39.5 Å². The Morgan fingerprint density at radius 1 is 1.21 bits per heavy atom. The summed E-state index contributed by atoms with van der Waals surface area (Å²) in [6.45, 7) is 5.89. The lowest BCUT2D eigenvalue weighted by Crippen LogP contribution is -2.40. The van der Waals surface area contributed by atoms with E-state index in [4.69, 9.17) is 14.2 Å². The molecule has 2 fully saturated rings. The number of hydrogen-bond acceptors (Lipinski definition) is 6. The summed E-state index contributed by atoms with van der Waals surface area (Å²) in [7, 11) is 0. The standard InChI is InChI=1S/C17H25NO5.ClH/c1-13-14(17(23-15(13)19)5-3-2-4-6-17)16(20)22-12-9-18-7-10-21-11-8-18;/h2-12H2,1H3;1H. The Balaban J connectivity index is 0.00000208. The summed E-state index contributed by atoms with van der Waals surface area (Å²) in [5.41, 5.74) is 0.155. The van der Waals surface area contributed by atoms with Gasteiger partial charge in [-0.1, -0.05) is 6.42 Å². The Labute approximate surface area is 148 Å². The van der Waals surface area contributed by atoms with E-state index >= 15 is 0 Å². The molecule has 0 amide bonds. The summed E-state index contributed by atoms with van der Waals surface area (Å²) < 4.78 is 16.4. The van der Waals surface area contributed by atoms with E-state index in [0.29, 0.717) is 24.3 Å². The Morgan fingerprint density at radius 2 is 1.88 bits per heavy atom. The number of nitrogens with zero attached hydrogens (tertiary/aromatic N) is 1. The fourth-order valence-electron chi connectivity index (χ4n) is 3.73. The third-order valence-corrected chi connectivity index (χ3v) is 5.03. The van der Waals surface area contributed by atoms with E-state index in [2.05, 4.69) is 4.90 Å². The molecule has 0 aromatic carbocycles. The molecule has 136 valence electrons. The van der Waals surface area contributed by atoms with Gasteiger partial charge >= 0.3 is 11.9 Å². The van der Waals surface area contributed by atoms with Crippen LogP contribution in [-0.4, -0.2) is 61.9 Å². The normalized spacial score (nSPS) is 23.8. The Hall–Kier alpha value is -1.11. The van der Waals surface area contributed by atoms with Crippen molar-refractivity contribution in [1.29, 1.82) is 0 Å². The number of halogens is 1. The molecule has 3 aliphatic rings. The van der Waals surface area contributed by atoms with Crippen molar-refractivity contribution in [1.82, 2.24) is 4.90 Å². The van der Waals surface area contributed by atoms with Crippen LogP contribution in [0.3, 0.4) is 0 Å². The first kappa shape index (κ1) is 19.2. The molecule has 0 bridgehead atoms. The summed E-state index contributed by atoms with van der Waals surface area (Å²) in [6, 6.07) is 0. The molecule has 3 rings (SSSR count). The third-order valence-electron chi connectivity index (χ3n) is 5.03. The minimum atomic E-state index is -0.727. The largest absolute Gasteiger partial charge is 0.461 e. The van der Waals surface area contributed by atoms with Crippen molar-refractivity contribution in [2.45, 2.75) is 44.6 Å². The molecular formula is C17H26ClNO5. The molecule has 0 atom stereocenters. The zero-order valence-corrected chi connectivity index (χ0v) is 15.0. The van der Waals surface area contributed by atoms with Crippen molar-refractivity contribution in [3.8, 4) is 0 Å². The number of carbonyl (C=O) groups is 2. The molecule has 1 saturated heterocycles. The van der Waals surface area contributed by atoms with Gasteiger partial charge in [-0.15, -0.1) is 12.4 Å². The van der Waals surface area contributed by atoms with Crippen LogP contribution in [0.25, 0.3) is 0 Å². The van der Waals surface area contributed by atoms with Crippen LogP contribution in [0.4, 0.5) is 0 Å². The molecule has 2 heterocycles. The molecule has 7 heteroatoms. The van der Waals surface area contributed by atoms with Gasteiger partial charge in [-0.05, 0) is 32.6 Å². The number of hydrogen-bond donors (Lipinski definition) is 0. The van der Waals surface area contributed by atoms with Crippen molar-refractivity contribution >= 4 is 24.3 Å². The molecule has 0 N–H and O–H groups in total. The van der Waals surface area contributed by atoms with E-state index < -0.39 is 5.60 Å². The quantitative estimate of drug-likeness (QED) is 0.714. The smallest absolute Gasteiger partial charge is 0.338 e. The van der Waals surface area contributed by atoms with Crippen LogP contribution >= 0.6 is 12.4 Å². The van der Waals surface area contributed by atoms with Gasteiger partial charge in [0.25, 0.3) is 0 Å². The topological polar surface area (TPSA) is 65.1 Å². The van der Waals surface area contributed by atoms with Crippen molar-refractivity contribution in [3.63, 3.8) is 0 Å². The summed E-state index contributed by atoms with van der Waals surface area (Å²) in [6.07, 6.45) is 4.53. The molecule has 2 aliphatic heterocycles. The molecule has 1 aliphatic carbocycles. The van der Waals surface area contributed by atoms with Crippen LogP contribution in [0.15, 0.2) is 11.1 Å². The number of carbonyl (C=O) groups excluding carboxylic acids is 2. The minimum absolute atomic E-state index is 0. The van der Waals surface area contributed by atoms with Crippen molar-refractivity contribution < 1.29 is 23.8 Å². The molecule has 1 spiro atoms. The minimum Gasteiger partial charge on any atom is -0.461 e. The van der Waals surface area contributed by atoms with Crippen LogP contribution in [0.5, 0.6) is 0 Å². The highest BCUT2D eigenvalue weighted by atomic mass is 35.5. The van der Waals surface area contributed by atoms with Gasteiger partial charge in [-0.3, -0.25) is 4.90 Å². The molecule has 1 saturated carbocycles. The van der Waals surface area contributed by atoms with Gasteiger partial charge in [0, 0.05) is 25.2 Å². The van der Waals surface area contributed by atoms with E-state index in [0.717, 1.165) is 58.4 Å². The molecular weight excluding hydrogens is 334 g/mol. The maximum absolute atomic E-state index is 12.6. The second-order valence-corrected chi connectivity index (χ2v) is 6.53. The molecule has 0 aromatic heterocycles. The fourth-order valence-corrected chi connectivity index (χ4v) is 3.73. The van der Waals surface area contributed by atoms with Gasteiger partial charge in [0.1, 0.15) is 12.2 Å². The SMILES string of the molecule is CC1=C(C(=O)OCCN2CCOCC2)C2(CCCCC2)OC1=O.Cl. The van der Waals surface area contributed by atoms with Crippen LogP contribution in [-0.2, 0) is 23.8 Å².